The van der Waals surface area contributed by atoms with Crippen molar-refractivity contribution in [2.45, 2.75) is 94.9 Å². The van der Waals surface area contributed by atoms with Crippen molar-refractivity contribution in [2.24, 2.45) is 5.92 Å². The van der Waals surface area contributed by atoms with Crippen LogP contribution in [0.25, 0.3) is 0 Å². The molecular weight excluding hydrogens is 328 g/mol. The van der Waals surface area contributed by atoms with Gasteiger partial charge < -0.3 is 14.7 Å². The van der Waals surface area contributed by atoms with E-state index in [4.69, 9.17) is 4.74 Å². The highest BCUT2D eigenvalue weighted by atomic mass is 16.5. The van der Waals surface area contributed by atoms with Gasteiger partial charge in [-0.05, 0) is 45.4 Å². The maximum absolute atomic E-state index is 13.6. The summed E-state index contributed by atoms with van der Waals surface area (Å²) >= 11 is 0. The first-order valence-electron chi connectivity index (χ1n) is 10.9. The van der Waals surface area contributed by atoms with E-state index >= 15 is 0 Å². The van der Waals surface area contributed by atoms with Crippen molar-refractivity contribution in [2.75, 3.05) is 26.3 Å². The molecule has 148 valence electrons. The van der Waals surface area contributed by atoms with Gasteiger partial charge in [-0.1, -0.05) is 25.7 Å². The Hall–Kier alpha value is -0.650. The highest BCUT2D eigenvalue weighted by molar-refractivity contribution is 5.83. The lowest BCUT2D eigenvalue weighted by Crippen LogP contribution is -2.60. The first-order valence-corrected chi connectivity index (χ1v) is 10.9. The second-order valence-electron chi connectivity index (χ2n) is 9.22. The molecule has 0 bridgehead atoms. The smallest absolute Gasteiger partial charge is 0.242 e. The van der Waals surface area contributed by atoms with Crippen molar-refractivity contribution in [3.05, 3.63) is 0 Å². The number of hydrogen-bond donors (Lipinski definition) is 1. The van der Waals surface area contributed by atoms with Crippen LogP contribution in [0.15, 0.2) is 0 Å². The van der Waals surface area contributed by atoms with Gasteiger partial charge >= 0.3 is 0 Å². The molecule has 2 saturated heterocycles. The Labute approximate surface area is 158 Å². The van der Waals surface area contributed by atoms with Crippen molar-refractivity contribution in [1.82, 2.24) is 9.80 Å². The molecule has 5 nitrogen and oxygen atoms in total. The number of ether oxygens (including phenoxy) is 1. The molecule has 4 aliphatic rings. The van der Waals surface area contributed by atoms with Gasteiger partial charge in [0.1, 0.15) is 6.04 Å². The van der Waals surface area contributed by atoms with Crippen molar-refractivity contribution in [1.29, 1.82) is 0 Å². The van der Waals surface area contributed by atoms with E-state index < -0.39 is 5.60 Å². The SMILES string of the molecule is CC1(O)CCCCC1C1CCCN1C(=O)C1COCCN1C1CCCC1. The summed E-state index contributed by atoms with van der Waals surface area (Å²) in [6.45, 7) is 5.03. The Kier molecular flexibility index (Phi) is 5.58. The van der Waals surface area contributed by atoms with Crippen LogP contribution in [0.3, 0.4) is 0 Å². The van der Waals surface area contributed by atoms with E-state index in [0.29, 0.717) is 12.6 Å². The number of amides is 1. The molecule has 4 atom stereocenters. The molecule has 0 aromatic heterocycles. The van der Waals surface area contributed by atoms with E-state index in [2.05, 4.69) is 9.80 Å². The lowest BCUT2D eigenvalue weighted by atomic mass is 9.72. The van der Waals surface area contributed by atoms with Gasteiger partial charge in [0.15, 0.2) is 0 Å². The van der Waals surface area contributed by atoms with E-state index in [9.17, 15) is 9.90 Å². The molecule has 4 rings (SSSR count). The molecule has 2 saturated carbocycles. The Bertz CT molecular complexity index is 503. The van der Waals surface area contributed by atoms with Crippen LogP contribution in [-0.4, -0.2) is 70.8 Å². The van der Waals surface area contributed by atoms with Gasteiger partial charge in [-0.3, -0.25) is 9.69 Å². The molecule has 0 aromatic carbocycles. The number of morpholine rings is 1. The van der Waals surface area contributed by atoms with Crippen LogP contribution in [0.1, 0.15) is 71.1 Å². The Balaban J connectivity index is 1.50. The van der Waals surface area contributed by atoms with Crippen LogP contribution in [0.2, 0.25) is 0 Å². The quantitative estimate of drug-likeness (QED) is 0.836. The number of carbonyl (C=O) groups excluding carboxylic acids is 1. The molecule has 26 heavy (non-hydrogen) atoms. The highest BCUT2D eigenvalue weighted by Crippen LogP contribution is 2.41. The second-order valence-corrected chi connectivity index (χ2v) is 9.22. The van der Waals surface area contributed by atoms with Crippen LogP contribution < -0.4 is 0 Å². The topological polar surface area (TPSA) is 53.0 Å². The minimum atomic E-state index is -0.625. The van der Waals surface area contributed by atoms with Crippen LogP contribution in [0.4, 0.5) is 0 Å². The third kappa shape index (κ3) is 3.55. The zero-order valence-corrected chi connectivity index (χ0v) is 16.4. The summed E-state index contributed by atoms with van der Waals surface area (Å²) in [6, 6.07) is 0.665. The standard InChI is InChI=1S/C21H36N2O3/c1-21(25)11-5-4-9-17(21)18-10-6-12-23(18)20(24)19-15-26-14-13-22(19)16-7-2-3-8-16/h16-19,25H,2-15H2,1H3. The maximum atomic E-state index is 13.6. The van der Waals surface area contributed by atoms with Crippen LogP contribution >= 0.6 is 0 Å². The number of rotatable bonds is 3. The molecule has 2 aliphatic carbocycles. The van der Waals surface area contributed by atoms with Crippen LogP contribution in [0.5, 0.6) is 0 Å². The monoisotopic (exact) mass is 364 g/mol. The molecule has 0 aromatic rings. The number of likely N-dealkylation sites (tertiary alicyclic amines) is 1. The average molecular weight is 365 g/mol. The van der Waals surface area contributed by atoms with Gasteiger partial charge in [-0.25, -0.2) is 0 Å². The third-order valence-electron chi connectivity index (χ3n) is 7.54. The molecule has 0 radical (unpaired) electrons. The van der Waals surface area contributed by atoms with Gasteiger partial charge in [0, 0.05) is 31.1 Å². The van der Waals surface area contributed by atoms with Gasteiger partial charge in [0.05, 0.1) is 18.8 Å². The lowest BCUT2D eigenvalue weighted by Gasteiger charge is -2.46. The summed E-state index contributed by atoms with van der Waals surface area (Å²) in [7, 11) is 0. The van der Waals surface area contributed by atoms with Crippen molar-refractivity contribution in [3.63, 3.8) is 0 Å². The Morgan fingerprint density at radius 3 is 2.58 bits per heavy atom. The molecule has 4 unspecified atom stereocenters. The van der Waals surface area contributed by atoms with Gasteiger partial charge in [0.2, 0.25) is 5.91 Å². The normalized spacial score (nSPS) is 40.2. The van der Waals surface area contributed by atoms with Gasteiger partial charge in [0.25, 0.3) is 0 Å². The summed E-state index contributed by atoms with van der Waals surface area (Å²) in [6.07, 6.45) is 11.4. The molecular formula is C21H36N2O3. The zero-order valence-electron chi connectivity index (χ0n) is 16.4. The lowest BCUT2D eigenvalue weighted by molar-refractivity contribution is -0.150. The summed E-state index contributed by atoms with van der Waals surface area (Å²) in [5.41, 5.74) is -0.625. The molecule has 5 heteroatoms. The van der Waals surface area contributed by atoms with E-state index in [1.807, 2.05) is 6.92 Å². The predicted octanol–water partition coefficient (Wildman–Crippen LogP) is 2.56. The minimum Gasteiger partial charge on any atom is -0.390 e. The summed E-state index contributed by atoms with van der Waals surface area (Å²) in [5.74, 6) is 0.493. The molecule has 2 aliphatic heterocycles. The fraction of sp³-hybridized carbons (Fsp3) is 0.952. The van der Waals surface area contributed by atoms with Gasteiger partial charge in [-0.15, -0.1) is 0 Å². The Morgan fingerprint density at radius 1 is 1.04 bits per heavy atom. The highest BCUT2D eigenvalue weighted by Gasteiger charge is 2.47. The summed E-state index contributed by atoms with van der Waals surface area (Å²) < 4.78 is 5.74. The summed E-state index contributed by atoms with van der Waals surface area (Å²) in [4.78, 5) is 18.1. The van der Waals surface area contributed by atoms with Crippen LogP contribution in [-0.2, 0) is 9.53 Å². The summed E-state index contributed by atoms with van der Waals surface area (Å²) in [5, 5.41) is 11.0. The van der Waals surface area contributed by atoms with E-state index in [1.54, 1.807) is 0 Å². The van der Waals surface area contributed by atoms with Crippen LogP contribution in [0, 0.1) is 5.92 Å². The van der Waals surface area contributed by atoms with E-state index in [1.165, 1.54) is 32.1 Å². The number of nitrogens with zero attached hydrogens (tertiary/aromatic N) is 2. The van der Waals surface area contributed by atoms with Crippen molar-refractivity contribution in [3.8, 4) is 0 Å². The fourth-order valence-electron chi connectivity index (χ4n) is 6.13. The zero-order chi connectivity index (χ0) is 18.1. The van der Waals surface area contributed by atoms with E-state index in [0.717, 1.165) is 51.8 Å². The second kappa shape index (κ2) is 7.76. The Morgan fingerprint density at radius 2 is 1.81 bits per heavy atom. The molecule has 1 amide bonds. The average Bonchev–Trinajstić information content (AvgIpc) is 3.32. The van der Waals surface area contributed by atoms with Crippen molar-refractivity contribution >= 4 is 5.91 Å². The molecule has 2 heterocycles. The molecule has 4 fully saturated rings. The van der Waals surface area contributed by atoms with Gasteiger partial charge in [-0.2, -0.15) is 0 Å². The fourth-order valence-corrected chi connectivity index (χ4v) is 6.13. The number of aliphatic hydroxyl groups is 1. The predicted molar refractivity (Wildman–Crippen MR) is 101 cm³/mol. The number of hydrogen-bond acceptors (Lipinski definition) is 4. The molecule has 1 N–H and O–H groups in total. The van der Waals surface area contributed by atoms with E-state index in [-0.39, 0.29) is 23.9 Å². The maximum Gasteiger partial charge on any atom is 0.242 e. The largest absolute Gasteiger partial charge is 0.390 e. The van der Waals surface area contributed by atoms with Crippen molar-refractivity contribution < 1.29 is 14.6 Å². The third-order valence-corrected chi connectivity index (χ3v) is 7.54. The number of carbonyl (C=O) groups is 1. The minimum absolute atomic E-state index is 0.110. The molecule has 0 spiro atoms. The first kappa shape index (κ1) is 18.7. The first-order chi connectivity index (χ1) is 12.6.